The van der Waals surface area contributed by atoms with Crippen LogP contribution in [0.3, 0.4) is 0 Å². The molecule has 0 bridgehead atoms. The van der Waals surface area contributed by atoms with Gasteiger partial charge < -0.3 is 10.1 Å². The Kier molecular flexibility index (Phi) is 6.32. The van der Waals surface area contributed by atoms with Gasteiger partial charge in [0.15, 0.2) is 0 Å². The van der Waals surface area contributed by atoms with Gasteiger partial charge in [-0.05, 0) is 48.4 Å². The molecule has 2 aromatic rings. The summed E-state index contributed by atoms with van der Waals surface area (Å²) in [6.45, 7) is 5.64. The minimum absolute atomic E-state index is 0.0191. The van der Waals surface area contributed by atoms with Crippen LogP contribution >= 0.6 is 0 Å². The lowest BCUT2D eigenvalue weighted by Crippen LogP contribution is -2.15. The number of aryl methyl sites for hydroxylation is 1. The van der Waals surface area contributed by atoms with Gasteiger partial charge in [-0.15, -0.1) is 0 Å². The first-order valence-corrected chi connectivity index (χ1v) is 9.30. The van der Waals surface area contributed by atoms with Gasteiger partial charge in [-0.25, -0.2) is 13.6 Å². The van der Waals surface area contributed by atoms with E-state index in [4.69, 9.17) is 9.88 Å². The molecule has 0 saturated heterocycles. The standard InChI is InChI=1S/C19H20N2O4S/c1-3-12-25-17-9-5-15(6-10-17)7-11-19(22)21-16-8-4-14(2)18(13-16)26(20,23)24/h3-11,13H,1,12H2,2H3,(H,21,22)(H2,20,23,24)/b11-7+. The van der Waals surface area contributed by atoms with Gasteiger partial charge in [0.2, 0.25) is 15.9 Å². The lowest BCUT2D eigenvalue weighted by Gasteiger charge is -2.07. The summed E-state index contributed by atoms with van der Waals surface area (Å²) in [5.74, 6) is 0.322. The van der Waals surface area contributed by atoms with Gasteiger partial charge in [0.1, 0.15) is 12.4 Å². The Balaban J connectivity index is 2.04. The van der Waals surface area contributed by atoms with Crippen LogP contribution in [0.15, 0.2) is 66.1 Å². The Morgan fingerprint density at radius 1 is 1.23 bits per heavy atom. The lowest BCUT2D eigenvalue weighted by atomic mass is 10.2. The highest BCUT2D eigenvalue weighted by Gasteiger charge is 2.12. The van der Waals surface area contributed by atoms with Crippen LogP contribution in [-0.4, -0.2) is 20.9 Å². The van der Waals surface area contributed by atoms with Gasteiger partial charge in [0, 0.05) is 11.8 Å². The SMILES string of the molecule is C=CCOc1ccc(/C=C/C(=O)Nc2ccc(C)c(S(N)(=O)=O)c2)cc1. The molecule has 7 heteroatoms. The molecule has 3 N–H and O–H groups in total. The highest BCUT2D eigenvalue weighted by molar-refractivity contribution is 7.89. The number of hydrogen-bond donors (Lipinski definition) is 2. The Hall–Kier alpha value is -2.90. The van der Waals surface area contributed by atoms with Gasteiger partial charge in [0.25, 0.3) is 0 Å². The number of nitrogens with two attached hydrogens (primary N) is 1. The molecule has 0 aliphatic rings. The van der Waals surface area contributed by atoms with Crippen molar-refractivity contribution in [2.45, 2.75) is 11.8 Å². The number of rotatable bonds is 7. The Morgan fingerprint density at radius 3 is 2.54 bits per heavy atom. The Bertz CT molecular complexity index is 933. The van der Waals surface area contributed by atoms with Gasteiger partial charge in [-0.3, -0.25) is 4.79 Å². The minimum Gasteiger partial charge on any atom is -0.490 e. The van der Waals surface area contributed by atoms with Crippen molar-refractivity contribution in [1.29, 1.82) is 0 Å². The number of benzene rings is 2. The van der Waals surface area contributed by atoms with E-state index in [1.807, 2.05) is 12.1 Å². The molecule has 0 atom stereocenters. The molecule has 0 radical (unpaired) electrons. The number of primary sulfonamides is 1. The molecule has 2 rings (SSSR count). The molecule has 0 aliphatic carbocycles. The van der Waals surface area contributed by atoms with E-state index in [1.165, 1.54) is 12.1 Å². The second-order valence-electron chi connectivity index (χ2n) is 5.52. The van der Waals surface area contributed by atoms with E-state index in [2.05, 4.69) is 11.9 Å². The van der Waals surface area contributed by atoms with Crippen molar-refractivity contribution in [1.82, 2.24) is 0 Å². The topological polar surface area (TPSA) is 98.5 Å². The van der Waals surface area contributed by atoms with Gasteiger partial charge in [-0.2, -0.15) is 0 Å². The first kappa shape index (κ1) is 19.4. The third-order valence-corrected chi connectivity index (χ3v) is 4.49. The molecule has 0 aromatic heterocycles. The number of ether oxygens (including phenoxy) is 1. The molecular formula is C19H20N2O4S. The molecule has 6 nitrogen and oxygen atoms in total. The van der Waals surface area contributed by atoms with E-state index in [0.29, 0.717) is 23.6 Å². The Labute approximate surface area is 153 Å². The van der Waals surface area contributed by atoms with E-state index in [-0.39, 0.29) is 10.8 Å². The average Bonchev–Trinajstić information content (AvgIpc) is 2.60. The molecular weight excluding hydrogens is 352 g/mol. The summed E-state index contributed by atoms with van der Waals surface area (Å²) in [4.78, 5) is 12.0. The molecule has 0 fully saturated rings. The van der Waals surface area contributed by atoms with Crippen molar-refractivity contribution in [2.75, 3.05) is 11.9 Å². The number of sulfonamides is 1. The van der Waals surface area contributed by atoms with E-state index < -0.39 is 10.0 Å². The molecule has 1 amide bonds. The molecule has 0 unspecified atom stereocenters. The van der Waals surface area contributed by atoms with Crippen molar-refractivity contribution in [3.8, 4) is 5.75 Å². The fourth-order valence-corrected chi connectivity index (χ4v) is 2.98. The zero-order valence-corrected chi connectivity index (χ0v) is 15.1. The van der Waals surface area contributed by atoms with Crippen LogP contribution in [-0.2, 0) is 14.8 Å². The molecule has 26 heavy (non-hydrogen) atoms. The number of carbonyl (C=O) groups is 1. The smallest absolute Gasteiger partial charge is 0.248 e. The largest absolute Gasteiger partial charge is 0.490 e. The first-order chi connectivity index (χ1) is 12.3. The first-order valence-electron chi connectivity index (χ1n) is 7.76. The number of hydrogen-bond acceptors (Lipinski definition) is 4. The maximum absolute atomic E-state index is 12.0. The molecule has 136 valence electrons. The van der Waals surface area contributed by atoms with Gasteiger partial charge in [0.05, 0.1) is 4.90 Å². The second-order valence-corrected chi connectivity index (χ2v) is 7.05. The third-order valence-electron chi connectivity index (χ3n) is 3.44. The predicted octanol–water partition coefficient (Wildman–Crippen LogP) is 2.86. The zero-order chi connectivity index (χ0) is 19.2. The van der Waals surface area contributed by atoms with Crippen molar-refractivity contribution in [2.24, 2.45) is 5.14 Å². The zero-order valence-electron chi connectivity index (χ0n) is 14.3. The molecule has 0 heterocycles. The summed E-state index contributed by atoms with van der Waals surface area (Å²) >= 11 is 0. The van der Waals surface area contributed by atoms with Crippen LogP contribution in [0.4, 0.5) is 5.69 Å². The second kappa shape index (κ2) is 8.46. The van der Waals surface area contributed by atoms with Gasteiger partial charge >= 0.3 is 0 Å². The molecule has 0 aliphatic heterocycles. The monoisotopic (exact) mass is 372 g/mol. The number of carbonyl (C=O) groups excluding carboxylic acids is 1. The summed E-state index contributed by atoms with van der Waals surface area (Å²) in [7, 11) is -3.85. The van der Waals surface area contributed by atoms with Crippen molar-refractivity contribution in [3.63, 3.8) is 0 Å². The van der Waals surface area contributed by atoms with Crippen molar-refractivity contribution >= 4 is 27.7 Å². The third kappa shape index (κ3) is 5.58. The maximum atomic E-state index is 12.0. The van der Waals surface area contributed by atoms with E-state index in [1.54, 1.807) is 43.3 Å². The normalized spacial score (nSPS) is 11.3. The minimum atomic E-state index is -3.85. The summed E-state index contributed by atoms with van der Waals surface area (Å²) in [5, 5.41) is 7.77. The van der Waals surface area contributed by atoms with E-state index in [9.17, 15) is 13.2 Å². The molecule has 0 spiro atoms. The van der Waals surface area contributed by atoms with Crippen LogP contribution in [0.25, 0.3) is 6.08 Å². The molecule has 2 aromatic carbocycles. The van der Waals surface area contributed by atoms with Crippen LogP contribution < -0.4 is 15.2 Å². The Morgan fingerprint density at radius 2 is 1.92 bits per heavy atom. The lowest BCUT2D eigenvalue weighted by molar-refractivity contribution is -0.111. The number of amides is 1. The fraction of sp³-hybridized carbons (Fsp3) is 0.105. The summed E-state index contributed by atoms with van der Waals surface area (Å²) in [5.41, 5.74) is 1.68. The van der Waals surface area contributed by atoms with Crippen LogP contribution in [0.1, 0.15) is 11.1 Å². The highest BCUT2D eigenvalue weighted by Crippen LogP contribution is 2.19. The fourth-order valence-electron chi connectivity index (χ4n) is 2.17. The van der Waals surface area contributed by atoms with E-state index >= 15 is 0 Å². The number of nitrogens with one attached hydrogen (secondary N) is 1. The van der Waals surface area contributed by atoms with Crippen LogP contribution in [0, 0.1) is 6.92 Å². The van der Waals surface area contributed by atoms with Crippen molar-refractivity contribution < 1.29 is 17.9 Å². The van der Waals surface area contributed by atoms with Gasteiger partial charge in [-0.1, -0.05) is 30.9 Å². The average molecular weight is 372 g/mol. The number of anilines is 1. The van der Waals surface area contributed by atoms with Crippen LogP contribution in [0.5, 0.6) is 5.75 Å². The summed E-state index contributed by atoms with van der Waals surface area (Å²) < 4.78 is 28.4. The summed E-state index contributed by atoms with van der Waals surface area (Å²) in [6.07, 6.45) is 4.65. The maximum Gasteiger partial charge on any atom is 0.248 e. The predicted molar refractivity (Wildman–Crippen MR) is 102 cm³/mol. The molecule has 0 saturated carbocycles. The van der Waals surface area contributed by atoms with E-state index in [0.717, 1.165) is 5.56 Å². The summed E-state index contributed by atoms with van der Waals surface area (Å²) in [6, 6.07) is 11.7. The van der Waals surface area contributed by atoms with Crippen LogP contribution in [0.2, 0.25) is 0 Å². The quantitative estimate of drug-likeness (QED) is 0.577. The van der Waals surface area contributed by atoms with Crippen molar-refractivity contribution in [3.05, 3.63) is 72.3 Å². The highest BCUT2D eigenvalue weighted by atomic mass is 32.2.